The number of carbonyl (C=O) groups excluding carboxylic acids is 1. The average molecular weight is 176 g/mol. The molecule has 0 aromatic rings. The lowest BCUT2D eigenvalue weighted by Crippen LogP contribution is -2.47. The van der Waals surface area contributed by atoms with E-state index in [2.05, 4.69) is 0 Å². The molecule has 0 radical (unpaired) electrons. The number of ketones is 1. The van der Waals surface area contributed by atoms with E-state index in [9.17, 15) is 26.7 Å². The lowest BCUT2D eigenvalue weighted by atomic mass is 10.1. The molecule has 0 atom stereocenters. The van der Waals surface area contributed by atoms with Gasteiger partial charge in [-0.3, -0.25) is 4.79 Å². The van der Waals surface area contributed by atoms with Gasteiger partial charge < -0.3 is 0 Å². The zero-order chi connectivity index (χ0) is 9.28. The normalized spacial score (nSPS) is 13.3. The van der Waals surface area contributed by atoms with Crippen LogP contribution in [0.2, 0.25) is 0 Å². The standard InChI is InChI=1S/C5H5F5O/c1-3(11)5(9,10)4(7,8)2-6/h2H2,1H3. The van der Waals surface area contributed by atoms with Crippen LogP contribution >= 0.6 is 0 Å². The maximum atomic E-state index is 12.0. The first-order valence-electron chi connectivity index (χ1n) is 2.58. The van der Waals surface area contributed by atoms with E-state index in [0.29, 0.717) is 0 Å². The predicted octanol–water partition coefficient (Wildman–Crippen LogP) is 1.82. The second-order valence-electron chi connectivity index (χ2n) is 1.97. The smallest absolute Gasteiger partial charge is 0.293 e. The van der Waals surface area contributed by atoms with Gasteiger partial charge in [0.15, 0.2) is 6.67 Å². The van der Waals surface area contributed by atoms with Gasteiger partial charge in [-0.05, 0) is 0 Å². The molecule has 6 heteroatoms. The Hall–Kier alpha value is -0.680. The summed E-state index contributed by atoms with van der Waals surface area (Å²) in [5.41, 5.74) is 0. The third-order valence-electron chi connectivity index (χ3n) is 1.07. The zero-order valence-electron chi connectivity index (χ0n) is 5.51. The molecule has 0 amide bonds. The molecule has 0 spiro atoms. The minimum absolute atomic E-state index is 0.281. The number of hydrogen-bond acceptors (Lipinski definition) is 1. The summed E-state index contributed by atoms with van der Waals surface area (Å²) in [4.78, 5) is 9.87. The summed E-state index contributed by atoms with van der Waals surface area (Å²) in [7, 11) is 0. The van der Waals surface area contributed by atoms with Gasteiger partial charge in [-0.1, -0.05) is 0 Å². The van der Waals surface area contributed by atoms with E-state index >= 15 is 0 Å². The highest BCUT2D eigenvalue weighted by Crippen LogP contribution is 2.34. The number of rotatable bonds is 3. The highest BCUT2D eigenvalue weighted by atomic mass is 19.3. The molecule has 0 unspecified atom stereocenters. The molecule has 0 saturated carbocycles. The molecular formula is C5H5F5O. The van der Waals surface area contributed by atoms with Crippen LogP contribution in [0.3, 0.4) is 0 Å². The molecule has 0 aliphatic rings. The topological polar surface area (TPSA) is 17.1 Å². The highest BCUT2D eigenvalue weighted by Gasteiger charge is 2.60. The quantitative estimate of drug-likeness (QED) is 0.599. The van der Waals surface area contributed by atoms with Gasteiger partial charge in [0.1, 0.15) is 0 Å². The Morgan fingerprint density at radius 3 is 1.73 bits per heavy atom. The fourth-order valence-electron chi connectivity index (χ4n) is 0.341. The molecule has 0 aromatic carbocycles. The van der Waals surface area contributed by atoms with Gasteiger partial charge in [0, 0.05) is 6.92 Å². The van der Waals surface area contributed by atoms with Crippen molar-refractivity contribution >= 4 is 5.78 Å². The molecule has 0 heterocycles. The lowest BCUT2D eigenvalue weighted by Gasteiger charge is -2.20. The van der Waals surface area contributed by atoms with Gasteiger partial charge >= 0.3 is 11.8 Å². The van der Waals surface area contributed by atoms with Crippen molar-refractivity contribution in [2.45, 2.75) is 18.8 Å². The molecule has 0 aliphatic carbocycles. The molecule has 0 aliphatic heterocycles. The van der Waals surface area contributed by atoms with Crippen LogP contribution in [0.5, 0.6) is 0 Å². The third kappa shape index (κ3) is 1.66. The largest absolute Gasteiger partial charge is 0.369 e. The van der Waals surface area contributed by atoms with Crippen molar-refractivity contribution in [1.29, 1.82) is 0 Å². The van der Waals surface area contributed by atoms with Crippen LogP contribution in [0.1, 0.15) is 6.92 Å². The summed E-state index contributed by atoms with van der Waals surface area (Å²) >= 11 is 0. The van der Waals surface area contributed by atoms with Crippen LogP contribution in [-0.4, -0.2) is 24.3 Å². The van der Waals surface area contributed by atoms with Gasteiger partial charge in [0.2, 0.25) is 5.78 Å². The fourth-order valence-corrected chi connectivity index (χ4v) is 0.341. The van der Waals surface area contributed by atoms with Crippen molar-refractivity contribution in [3.63, 3.8) is 0 Å². The number of Topliss-reactive ketones (excluding diaryl/α,β-unsaturated/α-hetero) is 1. The Bertz CT molecular complexity index is 164. The lowest BCUT2D eigenvalue weighted by molar-refractivity contribution is -0.211. The first-order valence-corrected chi connectivity index (χ1v) is 2.58. The zero-order valence-corrected chi connectivity index (χ0v) is 5.51. The van der Waals surface area contributed by atoms with Crippen molar-refractivity contribution < 1.29 is 26.7 Å². The van der Waals surface area contributed by atoms with E-state index in [4.69, 9.17) is 0 Å². The number of halogens is 5. The number of carbonyl (C=O) groups is 1. The minimum Gasteiger partial charge on any atom is -0.293 e. The van der Waals surface area contributed by atoms with Crippen molar-refractivity contribution in [2.24, 2.45) is 0 Å². The molecule has 0 fully saturated rings. The molecule has 66 valence electrons. The minimum atomic E-state index is -4.90. The number of hydrogen-bond donors (Lipinski definition) is 0. The monoisotopic (exact) mass is 176 g/mol. The predicted molar refractivity (Wildman–Crippen MR) is 26.5 cm³/mol. The van der Waals surface area contributed by atoms with Crippen molar-refractivity contribution in [3.05, 3.63) is 0 Å². The van der Waals surface area contributed by atoms with Crippen LogP contribution in [0, 0.1) is 0 Å². The summed E-state index contributed by atoms with van der Waals surface area (Å²) in [6, 6.07) is 0. The molecule has 0 aromatic heterocycles. The maximum absolute atomic E-state index is 12.0. The van der Waals surface area contributed by atoms with Crippen LogP contribution in [0.15, 0.2) is 0 Å². The molecule has 0 rings (SSSR count). The summed E-state index contributed by atoms with van der Waals surface area (Å²) in [6.07, 6.45) is 0. The van der Waals surface area contributed by atoms with Crippen LogP contribution in [-0.2, 0) is 4.79 Å². The van der Waals surface area contributed by atoms with E-state index in [0.717, 1.165) is 0 Å². The first kappa shape index (κ1) is 10.3. The van der Waals surface area contributed by atoms with Crippen LogP contribution in [0.25, 0.3) is 0 Å². The Labute approximate surface area is 59.2 Å². The molecule has 0 bridgehead atoms. The third-order valence-corrected chi connectivity index (χ3v) is 1.07. The molecular weight excluding hydrogens is 171 g/mol. The summed E-state index contributed by atoms with van der Waals surface area (Å²) in [5.74, 6) is -11.8. The van der Waals surface area contributed by atoms with E-state index in [1.807, 2.05) is 0 Å². The number of alkyl halides is 5. The van der Waals surface area contributed by atoms with Crippen molar-refractivity contribution in [3.8, 4) is 0 Å². The Balaban J connectivity index is 4.67. The second-order valence-corrected chi connectivity index (χ2v) is 1.97. The van der Waals surface area contributed by atoms with E-state index in [1.54, 1.807) is 0 Å². The van der Waals surface area contributed by atoms with Crippen LogP contribution < -0.4 is 0 Å². The fraction of sp³-hybridized carbons (Fsp3) is 0.800. The van der Waals surface area contributed by atoms with Gasteiger partial charge in [-0.25, -0.2) is 4.39 Å². The molecule has 0 N–H and O–H groups in total. The first-order chi connectivity index (χ1) is 4.75. The summed E-state index contributed by atoms with van der Waals surface area (Å²) in [5, 5.41) is 0. The van der Waals surface area contributed by atoms with E-state index in [1.165, 1.54) is 0 Å². The Kier molecular flexibility index (Phi) is 2.58. The SMILES string of the molecule is CC(=O)C(F)(F)C(F)(F)CF. The van der Waals surface area contributed by atoms with Gasteiger partial charge in [0.05, 0.1) is 0 Å². The molecule has 11 heavy (non-hydrogen) atoms. The summed E-state index contributed by atoms with van der Waals surface area (Å²) in [6.45, 7) is -2.26. The Morgan fingerprint density at radius 2 is 1.64 bits per heavy atom. The Morgan fingerprint density at radius 1 is 1.27 bits per heavy atom. The van der Waals surface area contributed by atoms with Crippen LogP contribution in [0.4, 0.5) is 22.0 Å². The van der Waals surface area contributed by atoms with E-state index in [-0.39, 0.29) is 6.92 Å². The maximum Gasteiger partial charge on any atom is 0.369 e. The molecule has 1 nitrogen and oxygen atoms in total. The highest BCUT2D eigenvalue weighted by molar-refractivity contribution is 5.84. The second kappa shape index (κ2) is 2.75. The van der Waals surface area contributed by atoms with Gasteiger partial charge in [0.25, 0.3) is 0 Å². The van der Waals surface area contributed by atoms with Gasteiger partial charge in [-0.2, -0.15) is 17.6 Å². The van der Waals surface area contributed by atoms with Gasteiger partial charge in [-0.15, -0.1) is 0 Å². The molecule has 0 saturated heterocycles. The average Bonchev–Trinajstić information content (AvgIpc) is 1.87. The van der Waals surface area contributed by atoms with E-state index < -0.39 is 24.3 Å². The summed E-state index contributed by atoms with van der Waals surface area (Å²) < 4.78 is 58.9. The van der Waals surface area contributed by atoms with Crippen molar-refractivity contribution in [2.75, 3.05) is 6.67 Å². The van der Waals surface area contributed by atoms with Crippen molar-refractivity contribution in [1.82, 2.24) is 0 Å².